The van der Waals surface area contributed by atoms with Crippen LogP contribution < -0.4 is 10.0 Å². The first-order chi connectivity index (χ1) is 9.47. The number of hydrogen-bond acceptors (Lipinski definition) is 4. The second-order valence-electron chi connectivity index (χ2n) is 5.85. The van der Waals surface area contributed by atoms with Gasteiger partial charge in [0.1, 0.15) is 0 Å². The summed E-state index contributed by atoms with van der Waals surface area (Å²) in [5.41, 5.74) is 0.769. The molecule has 0 spiro atoms. The van der Waals surface area contributed by atoms with Crippen LogP contribution in [0.2, 0.25) is 0 Å². The van der Waals surface area contributed by atoms with Crippen LogP contribution in [0.3, 0.4) is 0 Å². The third-order valence-electron chi connectivity index (χ3n) is 4.01. The maximum atomic E-state index is 12.4. The van der Waals surface area contributed by atoms with Crippen molar-refractivity contribution in [3.8, 4) is 0 Å². The Morgan fingerprint density at radius 2 is 2.10 bits per heavy atom. The Kier molecular flexibility index (Phi) is 4.82. The summed E-state index contributed by atoms with van der Waals surface area (Å²) >= 11 is 0. The Labute approximate surface area is 120 Å². The lowest BCUT2D eigenvalue weighted by Crippen LogP contribution is -2.34. The molecule has 0 bridgehead atoms. The first-order valence-electron chi connectivity index (χ1n) is 7.19. The minimum absolute atomic E-state index is 0.0922. The molecule has 0 atom stereocenters. The second-order valence-corrected chi connectivity index (χ2v) is 7.55. The van der Waals surface area contributed by atoms with Crippen LogP contribution in [0.4, 0.5) is 0 Å². The Balaban J connectivity index is 2.04. The molecule has 0 unspecified atom stereocenters. The van der Waals surface area contributed by atoms with Gasteiger partial charge in [0.05, 0.1) is 6.20 Å². The van der Waals surface area contributed by atoms with Crippen molar-refractivity contribution >= 4 is 10.0 Å². The van der Waals surface area contributed by atoms with E-state index in [9.17, 15) is 8.42 Å². The van der Waals surface area contributed by atoms with E-state index in [-0.39, 0.29) is 10.4 Å². The van der Waals surface area contributed by atoms with Crippen LogP contribution >= 0.6 is 0 Å². The van der Waals surface area contributed by atoms with E-state index in [1.807, 2.05) is 6.92 Å². The summed E-state index contributed by atoms with van der Waals surface area (Å²) in [4.78, 5) is 0. The summed E-state index contributed by atoms with van der Waals surface area (Å²) < 4.78 is 27.5. The van der Waals surface area contributed by atoms with Crippen molar-refractivity contribution in [1.29, 1.82) is 0 Å². The predicted octanol–water partition coefficient (Wildman–Crippen LogP) is 1.38. The molecule has 1 aromatic rings. The Morgan fingerprint density at radius 3 is 2.75 bits per heavy atom. The number of H-pyrrole nitrogens is 1. The number of aromatic nitrogens is 2. The molecule has 1 saturated carbocycles. The molecule has 0 aromatic carbocycles. The van der Waals surface area contributed by atoms with Crippen molar-refractivity contribution < 1.29 is 8.42 Å². The molecule has 1 heterocycles. The normalized spacial score (nSPS) is 18.5. The van der Waals surface area contributed by atoms with Crippen molar-refractivity contribution in [1.82, 2.24) is 20.2 Å². The van der Waals surface area contributed by atoms with Crippen LogP contribution in [0.1, 0.15) is 45.1 Å². The van der Waals surface area contributed by atoms with E-state index in [0.29, 0.717) is 18.7 Å². The lowest BCUT2D eigenvalue weighted by atomic mass is 9.89. The Morgan fingerprint density at radius 1 is 1.40 bits per heavy atom. The summed E-state index contributed by atoms with van der Waals surface area (Å²) in [5, 5.41) is 9.75. The van der Waals surface area contributed by atoms with Gasteiger partial charge in [0, 0.05) is 18.7 Å². The highest BCUT2D eigenvalue weighted by Gasteiger charge is 2.31. The first-order valence-corrected chi connectivity index (χ1v) is 8.68. The summed E-state index contributed by atoms with van der Waals surface area (Å²) in [6.07, 6.45) is 6.11. The number of sulfonamides is 1. The Hall–Kier alpha value is -0.920. The molecule has 1 aromatic heterocycles. The molecule has 3 N–H and O–H groups in total. The van der Waals surface area contributed by atoms with E-state index >= 15 is 0 Å². The zero-order valence-corrected chi connectivity index (χ0v) is 13.0. The number of rotatable bonds is 7. The van der Waals surface area contributed by atoms with Crippen molar-refractivity contribution in [2.24, 2.45) is 5.41 Å². The van der Waals surface area contributed by atoms with E-state index < -0.39 is 10.0 Å². The van der Waals surface area contributed by atoms with Crippen LogP contribution in [-0.2, 0) is 16.6 Å². The number of hydrogen-bond donors (Lipinski definition) is 3. The summed E-state index contributed by atoms with van der Waals surface area (Å²) in [6, 6.07) is 0. The fraction of sp³-hybridized carbons (Fsp3) is 0.769. The molecule has 1 aliphatic rings. The molecular weight excluding hydrogens is 276 g/mol. The molecule has 6 nitrogen and oxygen atoms in total. The van der Waals surface area contributed by atoms with Crippen molar-refractivity contribution in [3.05, 3.63) is 11.8 Å². The highest BCUT2D eigenvalue weighted by molar-refractivity contribution is 7.89. The highest BCUT2D eigenvalue weighted by atomic mass is 32.2. The summed E-state index contributed by atoms with van der Waals surface area (Å²) in [5.74, 6) is 0. The van der Waals surface area contributed by atoms with Crippen LogP contribution in [-0.4, -0.2) is 31.7 Å². The fourth-order valence-electron chi connectivity index (χ4n) is 2.66. The maximum absolute atomic E-state index is 12.4. The lowest BCUT2D eigenvalue weighted by Gasteiger charge is -2.23. The van der Waals surface area contributed by atoms with Gasteiger partial charge < -0.3 is 5.32 Å². The van der Waals surface area contributed by atoms with Crippen LogP contribution in [0.15, 0.2) is 11.2 Å². The third kappa shape index (κ3) is 3.59. The number of aromatic amines is 1. The standard InChI is InChI=1S/C13H24N4O2S/c1-3-14-8-11-9-15-17-12(11)20(18,19)16-10-13(2)6-4-5-7-13/h9,14,16H,3-8,10H2,1-2H3,(H,15,17). The van der Waals surface area contributed by atoms with Gasteiger partial charge in [-0.3, -0.25) is 5.10 Å². The second kappa shape index (κ2) is 6.24. The quantitative estimate of drug-likeness (QED) is 0.710. The summed E-state index contributed by atoms with van der Waals surface area (Å²) in [6.45, 7) is 5.91. The first kappa shape index (κ1) is 15.5. The zero-order valence-electron chi connectivity index (χ0n) is 12.2. The van der Waals surface area contributed by atoms with Crippen LogP contribution in [0, 0.1) is 5.41 Å². The maximum Gasteiger partial charge on any atom is 0.257 e. The van der Waals surface area contributed by atoms with E-state index in [4.69, 9.17) is 0 Å². The smallest absolute Gasteiger partial charge is 0.257 e. The lowest BCUT2D eigenvalue weighted by molar-refractivity contribution is 0.336. The zero-order chi connectivity index (χ0) is 14.6. The Bertz CT molecular complexity index is 532. The molecule has 0 radical (unpaired) electrons. The fourth-order valence-corrected chi connectivity index (χ4v) is 3.99. The van der Waals surface area contributed by atoms with Crippen LogP contribution in [0.5, 0.6) is 0 Å². The van der Waals surface area contributed by atoms with Gasteiger partial charge in [0.25, 0.3) is 10.0 Å². The van der Waals surface area contributed by atoms with E-state index in [0.717, 1.165) is 19.4 Å². The minimum Gasteiger partial charge on any atom is -0.313 e. The van der Waals surface area contributed by atoms with Crippen LogP contribution in [0.25, 0.3) is 0 Å². The molecule has 2 rings (SSSR count). The molecule has 7 heteroatoms. The van der Waals surface area contributed by atoms with E-state index in [2.05, 4.69) is 27.2 Å². The molecule has 0 saturated heterocycles. The van der Waals surface area contributed by atoms with E-state index in [1.165, 1.54) is 12.8 Å². The molecule has 0 amide bonds. The largest absolute Gasteiger partial charge is 0.313 e. The monoisotopic (exact) mass is 300 g/mol. The number of nitrogens with zero attached hydrogens (tertiary/aromatic N) is 1. The van der Waals surface area contributed by atoms with Crippen molar-refractivity contribution in [3.63, 3.8) is 0 Å². The average molecular weight is 300 g/mol. The van der Waals surface area contributed by atoms with Gasteiger partial charge in [-0.2, -0.15) is 5.10 Å². The van der Waals surface area contributed by atoms with Gasteiger partial charge in [-0.1, -0.05) is 26.7 Å². The van der Waals surface area contributed by atoms with Gasteiger partial charge in [-0.25, -0.2) is 13.1 Å². The topological polar surface area (TPSA) is 86.9 Å². The SMILES string of the molecule is CCNCc1cn[nH]c1S(=O)(=O)NCC1(C)CCCC1. The molecule has 20 heavy (non-hydrogen) atoms. The molecule has 114 valence electrons. The average Bonchev–Trinajstić information content (AvgIpc) is 3.04. The van der Waals surface area contributed by atoms with Gasteiger partial charge in [-0.15, -0.1) is 0 Å². The van der Waals surface area contributed by atoms with Crippen molar-refractivity contribution in [2.45, 2.75) is 51.1 Å². The van der Waals surface area contributed by atoms with Gasteiger partial charge in [0.2, 0.25) is 0 Å². The molecule has 1 aliphatic carbocycles. The molecular formula is C13H24N4O2S. The predicted molar refractivity (Wildman–Crippen MR) is 77.7 cm³/mol. The number of nitrogens with one attached hydrogen (secondary N) is 3. The molecule has 0 aliphatic heterocycles. The minimum atomic E-state index is -3.51. The van der Waals surface area contributed by atoms with Gasteiger partial charge in [-0.05, 0) is 24.8 Å². The van der Waals surface area contributed by atoms with Gasteiger partial charge in [0.15, 0.2) is 5.03 Å². The van der Waals surface area contributed by atoms with Crippen molar-refractivity contribution in [2.75, 3.05) is 13.1 Å². The molecule has 1 fully saturated rings. The van der Waals surface area contributed by atoms with E-state index in [1.54, 1.807) is 6.20 Å². The van der Waals surface area contributed by atoms with Gasteiger partial charge >= 0.3 is 0 Å². The third-order valence-corrected chi connectivity index (χ3v) is 5.43. The highest BCUT2D eigenvalue weighted by Crippen LogP contribution is 2.36. The summed E-state index contributed by atoms with van der Waals surface area (Å²) in [7, 11) is -3.51.